The lowest BCUT2D eigenvalue weighted by atomic mass is 10.1. The Kier molecular flexibility index (Phi) is 6.65. The van der Waals surface area contributed by atoms with Crippen LogP contribution in [0, 0.1) is 10.1 Å². The number of carbonyl (C=O) groups excluding carboxylic acids is 1. The van der Waals surface area contributed by atoms with Gasteiger partial charge in [0, 0.05) is 24.7 Å². The Morgan fingerprint density at radius 3 is 2.45 bits per heavy atom. The third-order valence-electron chi connectivity index (χ3n) is 4.65. The third-order valence-corrected chi connectivity index (χ3v) is 5.18. The van der Waals surface area contributed by atoms with Crippen LogP contribution in [-0.2, 0) is 6.18 Å². The smallest absolute Gasteiger partial charge is 0.366 e. The Morgan fingerprint density at radius 1 is 1.16 bits per heavy atom. The minimum atomic E-state index is -4.58. The van der Waals surface area contributed by atoms with Crippen LogP contribution in [0.1, 0.15) is 28.8 Å². The van der Waals surface area contributed by atoms with E-state index in [1.807, 2.05) is 4.90 Å². The first-order valence-electron chi connectivity index (χ1n) is 9.09. The third kappa shape index (κ3) is 5.42. The molecule has 0 saturated carbocycles. The standard InChI is InChI=1S/C19H16ClF3N4O3S/c20-13-5-4-12(19(21,22)23)10-14(13)24-18(31)25-17(28)11-3-6-15(16(9-11)27(29)30)26-7-1-2-8-26/h3-6,9-10H,1-2,7-8H2,(H2,24,25,28,31). The molecule has 3 rings (SSSR count). The van der Waals surface area contributed by atoms with E-state index >= 15 is 0 Å². The predicted molar refractivity (Wildman–Crippen MR) is 115 cm³/mol. The van der Waals surface area contributed by atoms with Gasteiger partial charge in [0.2, 0.25) is 0 Å². The number of nitro benzene ring substituents is 1. The molecule has 0 spiro atoms. The van der Waals surface area contributed by atoms with E-state index < -0.39 is 22.6 Å². The fourth-order valence-electron chi connectivity index (χ4n) is 3.16. The van der Waals surface area contributed by atoms with Gasteiger partial charge in [-0.05, 0) is 55.4 Å². The average molecular weight is 473 g/mol. The highest BCUT2D eigenvalue weighted by molar-refractivity contribution is 7.80. The number of nitrogens with zero attached hydrogens (tertiary/aromatic N) is 2. The first-order chi connectivity index (χ1) is 14.6. The topological polar surface area (TPSA) is 87.5 Å². The fourth-order valence-corrected chi connectivity index (χ4v) is 3.53. The lowest BCUT2D eigenvalue weighted by Gasteiger charge is -2.18. The van der Waals surface area contributed by atoms with Crippen molar-refractivity contribution in [2.45, 2.75) is 19.0 Å². The number of benzene rings is 2. The Morgan fingerprint density at radius 2 is 1.84 bits per heavy atom. The first-order valence-corrected chi connectivity index (χ1v) is 9.87. The molecule has 2 aromatic carbocycles. The Labute approximate surface area is 185 Å². The van der Waals surface area contributed by atoms with Crippen LogP contribution in [-0.4, -0.2) is 29.0 Å². The molecule has 0 bridgehead atoms. The summed E-state index contributed by atoms with van der Waals surface area (Å²) in [6, 6.07) is 6.70. The van der Waals surface area contributed by atoms with Crippen molar-refractivity contribution in [2.24, 2.45) is 0 Å². The summed E-state index contributed by atoms with van der Waals surface area (Å²) in [6.07, 6.45) is -2.73. The van der Waals surface area contributed by atoms with Gasteiger partial charge < -0.3 is 10.2 Å². The Bertz CT molecular complexity index is 1040. The maximum atomic E-state index is 12.9. The van der Waals surface area contributed by atoms with Gasteiger partial charge >= 0.3 is 6.18 Å². The molecule has 0 aromatic heterocycles. The molecule has 2 N–H and O–H groups in total. The van der Waals surface area contributed by atoms with E-state index in [2.05, 4.69) is 10.6 Å². The molecule has 164 valence electrons. The highest BCUT2D eigenvalue weighted by atomic mass is 35.5. The van der Waals surface area contributed by atoms with Crippen LogP contribution in [0.15, 0.2) is 36.4 Å². The van der Waals surface area contributed by atoms with E-state index in [-0.39, 0.29) is 27.1 Å². The SMILES string of the molecule is O=C(NC(=S)Nc1cc(C(F)(F)F)ccc1Cl)c1ccc(N2CCCC2)c([N+](=O)[O-])c1. The van der Waals surface area contributed by atoms with Crippen LogP contribution < -0.4 is 15.5 Å². The fraction of sp³-hybridized carbons (Fsp3) is 0.263. The lowest BCUT2D eigenvalue weighted by molar-refractivity contribution is -0.384. The molecule has 1 amide bonds. The second-order valence-electron chi connectivity index (χ2n) is 6.76. The van der Waals surface area contributed by atoms with Crippen LogP contribution >= 0.6 is 23.8 Å². The zero-order valence-electron chi connectivity index (χ0n) is 15.8. The summed E-state index contributed by atoms with van der Waals surface area (Å²) >= 11 is 10.9. The number of thiocarbonyl (C=S) groups is 1. The maximum absolute atomic E-state index is 12.9. The number of halogens is 4. The summed E-state index contributed by atoms with van der Waals surface area (Å²) in [7, 11) is 0. The number of anilines is 2. The molecule has 12 heteroatoms. The van der Waals surface area contributed by atoms with Crippen molar-refractivity contribution >= 4 is 51.9 Å². The molecule has 1 heterocycles. The van der Waals surface area contributed by atoms with Gasteiger partial charge in [0.05, 0.1) is 21.2 Å². The minimum absolute atomic E-state index is 0.0195. The van der Waals surface area contributed by atoms with Crippen LogP contribution in [0.4, 0.5) is 30.2 Å². The van der Waals surface area contributed by atoms with Gasteiger partial charge in [-0.15, -0.1) is 0 Å². The van der Waals surface area contributed by atoms with Gasteiger partial charge in [0.1, 0.15) is 5.69 Å². The van der Waals surface area contributed by atoms with Crippen molar-refractivity contribution in [3.8, 4) is 0 Å². The van der Waals surface area contributed by atoms with E-state index in [4.69, 9.17) is 23.8 Å². The Balaban J connectivity index is 1.75. The van der Waals surface area contributed by atoms with Gasteiger partial charge in [0.25, 0.3) is 11.6 Å². The highest BCUT2D eigenvalue weighted by Crippen LogP contribution is 2.34. The molecule has 1 aliphatic heterocycles. The molecule has 7 nitrogen and oxygen atoms in total. The van der Waals surface area contributed by atoms with E-state index in [0.717, 1.165) is 37.1 Å². The van der Waals surface area contributed by atoms with Crippen LogP contribution in [0.25, 0.3) is 0 Å². The van der Waals surface area contributed by atoms with Crippen LogP contribution in [0.3, 0.4) is 0 Å². The second kappa shape index (κ2) is 9.06. The van der Waals surface area contributed by atoms with E-state index in [0.29, 0.717) is 18.8 Å². The molecule has 1 aliphatic rings. The number of rotatable bonds is 4. The van der Waals surface area contributed by atoms with Gasteiger partial charge in [-0.3, -0.25) is 20.2 Å². The molecule has 1 fully saturated rings. The van der Waals surface area contributed by atoms with Crippen molar-refractivity contribution in [3.63, 3.8) is 0 Å². The molecular formula is C19H16ClF3N4O3S. The number of hydrogen-bond donors (Lipinski definition) is 2. The van der Waals surface area contributed by atoms with Crippen LogP contribution in [0.2, 0.25) is 5.02 Å². The summed E-state index contributed by atoms with van der Waals surface area (Å²) in [5, 5.41) is 15.9. The number of carbonyl (C=O) groups is 1. The number of alkyl halides is 3. The summed E-state index contributed by atoms with van der Waals surface area (Å²) in [6.45, 7) is 1.39. The minimum Gasteiger partial charge on any atom is -0.366 e. The lowest BCUT2D eigenvalue weighted by Crippen LogP contribution is -2.34. The van der Waals surface area contributed by atoms with Crippen LogP contribution in [0.5, 0.6) is 0 Å². The molecule has 2 aromatic rings. The first kappa shape index (κ1) is 22.8. The molecule has 0 atom stereocenters. The van der Waals surface area contributed by atoms with Crippen molar-refractivity contribution in [1.29, 1.82) is 0 Å². The number of nitro groups is 1. The monoisotopic (exact) mass is 472 g/mol. The molecule has 0 unspecified atom stereocenters. The summed E-state index contributed by atoms with van der Waals surface area (Å²) in [4.78, 5) is 25.3. The zero-order chi connectivity index (χ0) is 22.8. The highest BCUT2D eigenvalue weighted by Gasteiger charge is 2.31. The van der Waals surface area contributed by atoms with Gasteiger partial charge in [0.15, 0.2) is 5.11 Å². The predicted octanol–water partition coefficient (Wildman–Crippen LogP) is 4.99. The molecular weight excluding hydrogens is 457 g/mol. The van der Waals surface area contributed by atoms with Gasteiger partial charge in [-0.25, -0.2) is 0 Å². The van der Waals surface area contributed by atoms with Crippen molar-refractivity contribution in [2.75, 3.05) is 23.3 Å². The van der Waals surface area contributed by atoms with E-state index in [9.17, 15) is 28.1 Å². The molecule has 1 saturated heterocycles. The normalized spacial score (nSPS) is 13.7. The maximum Gasteiger partial charge on any atom is 0.416 e. The quantitative estimate of drug-likeness (QED) is 0.370. The van der Waals surface area contributed by atoms with Crippen molar-refractivity contribution in [3.05, 3.63) is 62.7 Å². The zero-order valence-corrected chi connectivity index (χ0v) is 17.4. The van der Waals surface area contributed by atoms with E-state index in [1.54, 1.807) is 0 Å². The number of amides is 1. The summed E-state index contributed by atoms with van der Waals surface area (Å²) in [5.74, 6) is -0.753. The molecule has 0 aliphatic carbocycles. The number of nitrogens with one attached hydrogen (secondary N) is 2. The average Bonchev–Trinajstić information content (AvgIpc) is 3.22. The van der Waals surface area contributed by atoms with Crippen molar-refractivity contribution < 1.29 is 22.9 Å². The van der Waals surface area contributed by atoms with Gasteiger partial charge in [-0.1, -0.05) is 11.6 Å². The van der Waals surface area contributed by atoms with E-state index in [1.165, 1.54) is 12.1 Å². The largest absolute Gasteiger partial charge is 0.416 e. The summed E-state index contributed by atoms with van der Waals surface area (Å²) in [5.41, 5.74) is -0.891. The summed E-state index contributed by atoms with van der Waals surface area (Å²) < 4.78 is 38.7. The van der Waals surface area contributed by atoms with Crippen molar-refractivity contribution in [1.82, 2.24) is 5.32 Å². The molecule has 0 radical (unpaired) electrons. The second-order valence-corrected chi connectivity index (χ2v) is 7.57. The van der Waals surface area contributed by atoms with Gasteiger partial charge in [-0.2, -0.15) is 13.2 Å². The Hall–Kier alpha value is -2.92. The molecule has 31 heavy (non-hydrogen) atoms. The number of hydrogen-bond acceptors (Lipinski definition) is 5.